The minimum Gasteiger partial charge on any atom is -0.340 e. The average molecular weight is 385 g/mol. The molecule has 2 aliphatic rings. The summed E-state index contributed by atoms with van der Waals surface area (Å²) >= 11 is 0. The van der Waals surface area contributed by atoms with Crippen LogP contribution in [0.2, 0.25) is 0 Å². The summed E-state index contributed by atoms with van der Waals surface area (Å²) in [6.07, 6.45) is 8.64. The second-order valence-corrected chi connectivity index (χ2v) is 8.99. The molecule has 26 heavy (non-hydrogen) atoms. The highest BCUT2D eigenvalue weighted by Crippen LogP contribution is 2.25. The third-order valence-corrected chi connectivity index (χ3v) is 7.44. The van der Waals surface area contributed by atoms with Crippen molar-refractivity contribution in [2.75, 3.05) is 33.2 Å². The summed E-state index contributed by atoms with van der Waals surface area (Å²) < 4.78 is 30.4. The van der Waals surface area contributed by atoms with Gasteiger partial charge < -0.3 is 4.90 Å². The Labute approximate surface area is 155 Å². The molecule has 0 radical (unpaired) electrons. The third kappa shape index (κ3) is 4.41. The maximum Gasteiger partial charge on any atom is 0.282 e. The standard InChI is InChI=1S/C16H28N6O3S/c1-19(15-5-3-2-4-6-15)26(24,25)22-11-9-20(10-12-22)16(23)7-8-21-14-17-13-18-21/h13-15H,2-12H2,1H3. The first-order chi connectivity index (χ1) is 12.5. The van der Waals surface area contributed by atoms with E-state index in [4.69, 9.17) is 0 Å². The molecule has 0 unspecified atom stereocenters. The summed E-state index contributed by atoms with van der Waals surface area (Å²) in [6, 6.07) is 0.107. The highest BCUT2D eigenvalue weighted by atomic mass is 32.2. The molecular formula is C16H28N6O3S. The van der Waals surface area contributed by atoms with E-state index < -0.39 is 10.2 Å². The first kappa shape index (κ1) is 19.2. The number of hydrogen-bond donors (Lipinski definition) is 0. The van der Waals surface area contributed by atoms with Crippen LogP contribution in [0.25, 0.3) is 0 Å². The molecule has 0 N–H and O–H groups in total. The number of amides is 1. The van der Waals surface area contributed by atoms with Crippen molar-refractivity contribution in [3.8, 4) is 0 Å². The van der Waals surface area contributed by atoms with Gasteiger partial charge in [-0.15, -0.1) is 0 Å². The van der Waals surface area contributed by atoms with Crippen molar-refractivity contribution in [3.05, 3.63) is 12.7 Å². The lowest BCUT2D eigenvalue weighted by atomic mass is 9.96. The van der Waals surface area contributed by atoms with E-state index in [1.165, 1.54) is 17.1 Å². The quantitative estimate of drug-likeness (QED) is 0.704. The van der Waals surface area contributed by atoms with E-state index in [1.54, 1.807) is 27.3 Å². The first-order valence-electron chi connectivity index (χ1n) is 9.32. The van der Waals surface area contributed by atoms with Gasteiger partial charge >= 0.3 is 0 Å². The fourth-order valence-electron chi connectivity index (χ4n) is 3.70. The van der Waals surface area contributed by atoms with Gasteiger partial charge in [-0.1, -0.05) is 19.3 Å². The van der Waals surface area contributed by atoms with Crippen molar-refractivity contribution in [3.63, 3.8) is 0 Å². The number of rotatable bonds is 6. The largest absolute Gasteiger partial charge is 0.340 e. The van der Waals surface area contributed by atoms with E-state index >= 15 is 0 Å². The third-order valence-electron chi connectivity index (χ3n) is 5.39. The van der Waals surface area contributed by atoms with Crippen LogP contribution in [-0.4, -0.2) is 81.9 Å². The number of carbonyl (C=O) groups is 1. The maximum atomic E-state index is 12.9. The number of aromatic nitrogens is 3. The van der Waals surface area contributed by atoms with E-state index in [0.717, 1.165) is 25.7 Å². The predicted octanol–water partition coefficient (Wildman–Crippen LogP) is 0.322. The Morgan fingerprint density at radius 2 is 1.85 bits per heavy atom. The van der Waals surface area contributed by atoms with Gasteiger partial charge in [-0.25, -0.2) is 4.98 Å². The van der Waals surface area contributed by atoms with Crippen LogP contribution < -0.4 is 0 Å². The van der Waals surface area contributed by atoms with Crippen LogP contribution in [0.5, 0.6) is 0 Å². The normalized spacial score (nSPS) is 20.6. The van der Waals surface area contributed by atoms with Gasteiger partial charge in [0, 0.05) is 45.7 Å². The van der Waals surface area contributed by atoms with Crippen LogP contribution in [0, 0.1) is 0 Å². The topological polar surface area (TPSA) is 91.6 Å². The van der Waals surface area contributed by atoms with Gasteiger partial charge in [0.05, 0.1) is 6.54 Å². The zero-order chi connectivity index (χ0) is 18.6. The number of nitrogens with zero attached hydrogens (tertiary/aromatic N) is 6. The fraction of sp³-hybridized carbons (Fsp3) is 0.812. The van der Waals surface area contributed by atoms with Gasteiger partial charge in [0.2, 0.25) is 5.91 Å². The SMILES string of the molecule is CN(C1CCCCC1)S(=O)(=O)N1CCN(C(=O)CCn2cncn2)CC1. The van der Waals surface area contributed by atoms with E-state index in [-0.39, 0.29) is 11.9 Å². The van der Waals surface area contributed by atoms with Crippen molar-refractivity contribution in [2.24, 2.45) is 0 Å². The molecule has 0 aromatic carbocycles. The molecular weight excluding hydrogens is 356 g/mol. The van der Waals surface area contributed by atoms with E-state index in [0.29, 0.717) is 39.1 Å². The maximum absolute atomic E-state index is 12.9. The first-order valence-corrected chi connectivity index (χ1v) is 10.7. The molecule has 10 heteroatoms. The Bertz CT molecular complexity index is 679. The molecule has 1 aromatic heterocycles. The van der Waals surface area contributed by atoms with Crippen molar-refractivity contribution in [1.29, 1.82) is 0 Å². The van der Waals surface area contributed by atoms with Gasteiger partial charge in [0.15, 0.2) is 0 Å². The zero-order valence-electron chi connectivity index (χ0n) is 15.3. The molecule has 1 amide bonds. The Morgan fingerprint density at radius 3 is 2.46 bits per heavy atom. The van der Waals surface area contributed by atoms with Gasteiger partial charge in [-0.3, -0.25) is 9.48 Å². The number of piperazine rings is 1. The molecule has 3 rings (SSSR count). The van der Waals surface area contributed by atoms with Crippen LogP contribution >= 0.6 is 0 Å². The number of carbonyl (C=O) groups excluding carboxylic acids is 1. The molecule has 0 bridgehead atoms. The van der Waals surface area contributed by atoms with Gasteiger partial charge in [-0.2, -0.15) is 22.1 Å². The minimum absolute atomic E-state index is 0.0261. The summed E-state index contributed by atoms with van der Waals surface area (Å²) in [5, 5.41) is 3.98. The Kier molecular flexibility index (Phi) is 6.25. The zero-order valence-corrected chi connectivity index (χ0v) is 16.1. The van der Waals surface area contributed by atoms with Crippen molar-refractivity contribution in [2.45, 2.75) is 51.1 Å². The molecule has 0 spiro atoms. The van der Waals surface area contributed by atoms with Crippen LogP contribution in [0.3, 0.4) is 0 Å². The smallest absolute Gasteiger partial charge is 0.282 e. The van der Waals surface area contributed by atoms with E-state index in [9.17, 15) is 13.2 Å². The number of aryl methyl sites for hydroxylation is 1. The molecule has 2 heterocycles. The monoisotopic (exact) mass is 384 g/mol. The summed E-state index contributed by atoms with van der Waals surface area (Å²) in [7, 11) is -1.76. The minimum atomic E-state index is -3.45. The van der Waals surface area contributed by atoms with Crippen LogP contribution in [0.4, 0.5) is 0 Å². The van der Waals surface area contributed by atoms with E-state index in [1.807, 2.05) is 0 Å². The number of hydrogen-bond acceptors (Lipinski definition) is 5. The lowest BCUT2D eigenvalue weighted by Crippen LogP contribution is -2.55. The molecule has 2 fully saturated rings. The predicted molar refractivity (Wildman–Crippen MR) is 96.3 cm³/mol. The van der Waals surface area contributed by atoms with Gasteiger partial charge in [-0.05, 0) is 12.8 Å². The van der Waals surface area contributed by atoms with Crippen molar-refractivity contribution < 1.29 is 13.2 Å². The molecule has 1 aliphatic heterocycles. The Hall–Kier alpha value is -1.52. The summed E-state index contributed by atoms with van der Waals surface area (Å²) in [5.41, 5.74) is 0. The second-order valence-electron chi connectivity index (χ2n) is 7.00. The lowest BCUT2D eigenvalue weighted by Gasteiger charge is -2.38. The van der Waals surface area contributed by atoms with Crippen LogP contribution in [0.15, 0.2) is 12.7 Å². The molecule has 1 saturated carbocycles. The molecule has 1 aliphatic carbocycles. The van der Waals surface area contributed by atoms with E-state index in [2.05, 4.69) is 10.1 Å². The Morgan fingerprint density at radius 1 is 1.15 bits per heavy atom. The highest BCUT2D eigenvalue weighted by molar-refractivity contribution is 7.86. The van der Waals surface area contributed by atoms with Crippen molar-refractivity contribution in [1.82, 2.24) is 28.3 Å². The summed E-state index contributed by atoms with van der Waals surface area (Å²) in [5.74, 6) is 0.0261. The second kappa shape index (κ2) is 8.45. The lowest BCUT2D eigenvalue weighted by molar-refractivity contribution is -0.132. The highest BCUT2D eigenvalue weighted by Gasteiger charge is 2.35. The van der Waals surface area contributed by atoms with Gasteiger partial charge in [0.1, 0.15) is 12.7 Å². The molecule has 146 valence electrons. The fourth-order valence-corrected chi connectivity index (χ4v) is 5.28. The average Bonchev–Trinajstić information content (AvgIpc) is 3.20. The molecule has 9 nitrogen and oxygen atoms in total. The summed E-state index contributed by atoms with van der Waals surface area (Å²) in [4.78, 5) is 17.9. The Balaban J connectivity index is 1.49. The van der Waals surface area contributed by atoms with Crippen LogP contribution in [-0.2, 0) is 21.5 Å². The van der Waals surface area contributed by atoms with Crippen LogP contribution in [0.1, 0.15) is 38.5 Å². The summed E-state index contributed by atoms with van der Waals surface area (Å²) in [6.45, 7) is 2.08. The molecule has 1 aromatic rings. The van der Waals surface area contributed by atoms with Gasteiger partial charge in [0.25, 0.3) is 10.2 Å². The molecule has 0 atom stereocenters. The van der Waals surface area contributed by atoms with Crippen molar-refractivity contribution >= 4 is 16.1 Å². The molecule has 1 saturated heterocycles.